The second kappa shape index (κ2) is 9.20. The Morgan fingerprint density at radius 2 is 1.90 bits per heavy atom. The normalized spacial score (nSPS) is 13.5. The fourth-order valence-electron chi connectivity index (χ4n) is 2.70. The third-order valence-electron chi connectivity index (χ3n) is 4.08. The highest BCUT2D eigenvalue weighted by Crippen LogP contribution is 2.34. The van der Waals surface area contributed by atoms with Gasteiger partial charge >= 0.3 is 6.18 Å². The standard InChI is InChI=1S/C19H18F3N5O2S/c20-19(21,22)15-7-2-1-6-14(15)16(28)11-25-17-8-9-24-18(27-17)26-12-4-3-5-13(10-12)30(23)29/h1-10,16,28H,11,23H2,(H2,24,25,26,27). The van der Waals surface area contributed by atoms with Crippen LogP contribution in [-0.4, -0.2) is 25.8 Å². The number of halogens is 3. The number of nitrogens with zero attached hydrogens (tertiary/aromatic N) is 2. The Labute approximate surface area is 172 Å². The van der Waals surface area contributed by atoms with Crippen LogP contribution in [0.3, 0.4) is 0 Å². The molecule has 0 bridgehead atoms. The van der Waals surface area contributed by atoms with Gasteiger partial charge in [0.2, 0.25) is 5.95 Å². The van der Waals surface area contributed by atoms with Crippen molar-refractivity contribution in [1.82, 2.24) is 9.97 Å². The minimum absolute atomic E-state index is 0.189. The zero-order valence-electron chi connectivity index (χ0n) is 15.4. The number of benzene rings is 2. The molecule has 1 aromatic heterocycles. The Morgan fingerprint density at radius 1 is 1.13 bits per heavy atom. The Balaban J connectivity index is 1.69. The first-order chi connectivity index (χ1) is 14.2. The monoisotopic (exact) mass is 437 g/mol. The molecule has 0 saturated carbocycles. The Kier molecular flexibility index (Phi) is 6.65. The van der Waals surface area contributed by atoms with Crippen molar-refractivity contribution in [2.75, 3.05) is 17.2 Å². The van der Waals surface area contributed by atoms with Crippen LogP contribution in [0.1, 0.15) is 17.2 Å². The number of rotatable bonds is 7. The summed E-state index contributed by atoms with van der Waals surface area (Å²) in [6.07, 6.45) is -4.52. The predicted octanol–water partition coefficient (Wildman–Crippen LogP) is 3.37. The molecule has 0 aliphatic rings. The summed E-state index contributed by atoms with van der Waals surface area (Å²) < 4.78 is 50.8. The van der Waals surface area contributed by atoms with Crippen LogP contribution < -0.4 is 15.8 Å². The van der Waals surface area contributed by atoms with Gasteiger partial charge in [-0.05, 0) is 35.9 Å². The molecule has 30 heavy (non-hydrogen) atoms. The molecule has 0 amide bonds. The molecular weight excluding hydrogens is 419 g/mol. The van der Waals surface area contributed by atoms with Gasteiger partial charge in [-0.3, -0.25) is 0 Å². The molecule has 0 aliphatic carbocycles. The van der Waals surface area contributed by atoms with Gasteiger partial charge in [0.05, 0.1) is 16.6 Å². The largest absolute Gasteiger partial charge is 0.416 e. The van der Waals surface area contributed by atoms with Crippen molar-refractivity contribution in [3.8, 4) is 0 Å². The summed E-state index contributed by atoms with van der Waals surface area (Å²) in [5.41, 5.74) is -0.555. The van der Waals surface area contributed by atoms with Crippen molar-refractivity contribution in [1.29, 1.82) is 0 Å². The van der Waals surface area contributed by atoms with Crippen molar-refractivity contribution in [2.45, 2.75) is 17.2 Å². The van der Waals surface area contributed by atoms with Crippen molar-refractivity contribution in [3.63, 3.8) is 0 Å². The van der Waals surface area contributed by atoms with Crippen LogP contribution in [0.4, 0.5) is 30.6 Å². The van der Waals surface area contributed by atoms with E-state index in [4.69, 9.17) is 5.14 Å². The molecular formula is C19H18F3N5O2S. The quantitative estimate of drug-likeness (QED) is 0.451. The third kappa shape index (κ3) is 5.53. The highest BCUT2D eigenvalue weighted by molar-refractivity contribution is 7.82. The van der Waals surface area contributed by atoms with Gasteiger partial charge in [0, 0.05) is 18.4 Å². The zero-order valence-corrected chi connectivity index (χ0v) is 16.2. The minimum Gasteiger partial charge on any atom is -0.387 e. The Hall–Kier alpha value is -3.02. The average Bonchev–Trinajstić information content (AvgIpc) is 2.72. The first-order valence-corrected chi connectivity index (χ1v) is 9.89. The number of hydrogen-bond acceptors (Lipinski definition) is 6. The average molecular weight is 437 g/mol. The molecule has 3 rings (SSSR count). The fraction of sp³-hybridized carbons (Fsp3) is 0.158. The first-order valence-electron chi connectivity index (χ1n) is 8.68. The number of anilines is 3. The third-order valence-corrected chi connectivity index (χ3v) is 4.80. The molecule has 0 aliphatic heterocycles. The molecule has 0 radical (unpaired) electrons. The van der Waals surface area contributed by atoms with Gasteiger partial charge in [-0.2, -0.15) is 18.2 Å². The van der Waals surface area contributed by atoms with Crippen LogP contribution in [0.2, 0.25) is 0 Å². The van der Waals surface area contributed by atoms with Crippen LogP contribution in [0, 0.1) is 0 Å². The van der Waals surface area contributed by atoms with E-state index in [1.807, 2.05) is 0 Å². The molecule has 0 fully saturated rings. The molecule has 1 heterocycles. The topological polar surface area (TPSA) is 113 Å². The number of aromatic nitrogens is 2. The summed E-state index contributed by atoms with van der Waals surface area (Å²) >= 11 is 0. The number of alkyl halides is 3. The summed E-state index contributed by atoms with van der Waals surface area (Å²) in [6.45, 7) is -0.189. The summed E-state index contributed by atoms with van der Waals surface area (Å²) in [5, 5.41) is 21.3. The van der Waals surface area contributed by atoms with Gasteiger partial charge in [-0.25, -0.2) is 14.3 Å². The lowest BCUT2D eigenvalue weighted by molar-refractivity contribution is -0.139. The summed E-state index contributed by atoms with van der Waals surface area (Å²) in [5.74, 6) is 0.500. The van der Waals surface area contributed by atoms with Gasteiger partial charge in [0.1, 0.15) is 16.8 Å². The van der Waals surface area contributed by atoms with E-state index in [1.54, 1.807) is 24.3 Å². The van der Waals surface area contributed by atoms with Crippen LogP contribution in [-0.2, 0) is 17.2 Å². The second-order valence-corrected chi connectivity index (χ2v) is 7.26. The van der Waals surface area contributed by atoms with E-state index in [9.17, 15) is 22.5 Å². The fourth-order valence-corrected chi connectivity index (χ4v) is 3.16. The lowest BCUT2D eigenvalue weighted by Crippen LogP contribution is -2.18. The molecule has 5 N–H and O–H groups in total. The number of nitrogens with one attached hydrogen (secondary N) is 2. The van der Waals surface area contributed by atoms with Crippen molar-refractivity contribution in [3.05, 3.63) is 71.9 Å². The maximum atomic E-state index is 13.1. The summed E-state index contributed by atoms with van der Waals surface area (Å²) in [4.78, 5) is 8.68. The molecule has 2 aromatic carbocycles. The second-order valence-electron chi connectivity index (χ2n) is 6.20. The van der Waals surface area contributed by atoms with Crippen LogP contribution >= 0.6 is 0 Å². The first kappa shape index (κ1) is 21.7. The molecule has 7 nitrogen and oxygen atoms in total. The van der Waals surface area contributed by atoms with Crippen molar-refractivity contribution in [2.24, 2.45) is 5.14 Å². The van der Waals surface area contributed by atoms with Gasteiger partial charge in [0.25, 0.3) is 0 Å². The SMILES string of the molecule is NS(=O)c1cccc(Nc2nccc(NCC(O)c3ccccc3C(F)(F)F)n2)c1. The van der Waals surface area contributed by atoms with E-state index < -0.39 is 28.8 Å². The summed E-state index contributed by atoms with van der Waals surface area (Å²) in [6, 6.07) is 12.9. The van der Waals surface area contributed by atoms with E-state index >= 15 is 0 Å². The van der Waals surface area contributed by atoms with E-state index in [0.717, 1.165) is 6.07 Å². The van der Waals surface area contributed by atoms with Crippen molar-refractivity contribution >= 4 is 28.4 Å². The van der Waals surface area contributed by atoms with E-state index in [2.05, 4.69) is 20.6 Å². The Bertz CT molecular complexity index is 1050. The molecule has 2 atom stereocenters. The highest BCUT2D eigenvalue weighted by atomic mass is 32.2. The summed E-state index contributed by atoms with van der Waals surface area (Å²) in [7, 11) is -1.64. The number of hydrogen-bond donors (Lipinski definition) is 4. The molecule has 158 valence electrons. The molecule has 11 heteroatoms. The molecule has 2 unspecified atom stereocenters. The lowest BCUT2D eigenvalue weighted by atomic mass is 10.0. The van der Waals surface area contributed by atoms with Gasteiger partial charge in [-0.15, -0.1) is 0 Å². The smallest absolute Gasteiger partial charge is 0.387 e. The van der Waals surface area contributed by atoms with E-state index in [-0.39, 0.29) is 18.1 Å². The van der Waals surface area contributed by atoms with Crippen LogP contribution in [0.5, 0.6) is 0 Å². The Morgan fingerprint density at radius 3 is 2.63 bits per heavy atom. The van der Waals surface area contributed by atoms with Crippen LogP contribution in [0.15, 0.2) is 65.7 Å². The van der Waals surface area contributed by atoms with E-state index in [0.29, 0.717) is 16.4 Å². The number of aliphatic hydroxyl groups excluding tert-OH is 1. The molecule has 0 spiro atoms. The van der Waals surface area contributed by atoms with Crippen molar-refractivity contribution < 1.29 is 22.5 Å². The minimum atomic E-state index is -4.56. The lowest BCUT2D eigenvalue weighted by Gasteiger charge is -2.18. The molecule has 3 aromatic rings. The maximum absolute atomic E-state index is 13.1. The van der Waals surface area contributed by atoms with Crippen LogP contribution in [0.25, 0.3) is 0 Å². The predicted molar refractivity (Wildman–Crippen MR) is 107 cm³/mol. The molecule has 0 saturated heterocycles. The van der Waals surface area contributed by atoms with Gasteiger partial charge in [-0.1, -0.05) is 24.3 Å². The highest BCUT2D eigenvalue weighted by Gasteiger charge is 2.34. The maximum Gasteiger partial charge on any atom is 0.416 e. The zero-order chi connectivity index (χ0) is 21.7. The van der Waals surface area contributed by atoms with Gasteiger partial charge < -0.3 is 15.7 Å². The number of nitrogens with two attached hydrogens (primary N) is 1. The van der Waals surface area contributed by atoms with E-state index in [1.165, 1.54) is 30.5 Å². The number of aliphatic hydroxyl groups is 1. The van der Waals surface area contributed by atoms with Gasteiger partial charge in [0.15, 0.2) is 0 Å².